The predicted octanol–water partition coefficient (Wildman–Crippen LogP) is 4.98. The van der Waals surface area contributed by atoms with Gasteiger partial charge >= 0.3 is 12.0 Å². The highest BCUT2D eigenvalue weighted by atomic mass is 32.2. The van der Waals surface area contributed by atoms with Crippen LogP contribution in [-0.4, -0.2) is 52.4 Å². The third-order valence-corrected chi connectivity index (χ3v) is 7.62. The summed E-state index contributed by atoms with van der Waals surface area (Å²) >= 11 is 2.51. The fraction of sp³-hybridized carbons (Fsp3) is 0.500. The second-order valence-electron chi connectivity index (χ2n) is 7.80. The van der Waals surface area contributed by atoms with Crippen molar-refractivity contribution in [3.05, 3.63) is 36.0 Å². The predicted molar refractivity (Wildman–Crippen MR) is 124 cm³/mol. The smallest absolute Gasteiger partial charge is 0.323 e. The van der Waals surface area contributed by atoms with Crippen LogP contribution in [0, 0.1) is 5.92 Å². The Hall–Kier alpha value is -2.26. The van der Waals surface area contributed by atoms with Crippen LogP contribution in [0.15, 0.2) is 34.7 Å². The zero-order valence-corrected chi connectivity index (χ0v) is 19.5. The number of carbonyl (C=O) groups is 2. The molecule has 0 bridgehead atoms. The molecule has 31 heavy (non-hydrogen) atoms. The number of hydrogen-bond donors (Lipinski definition) is 2. The molecular weight excluding hydrogens is 434 g/mol. The Morgan fingerprint density at radius 1 is 1.26 bits per heavy atom. The molecule has 7 nitrogen and oxygen atoms in total. The molecule has 0 radical (unpaired) electrons. The van der Waals surface area contributed by atoms with E-state index in [-0.39, 0.29) is 17.8 Å². The van der Waals surface area contributed by atoms with Crippen LogP contribution in [0.5, 0.6) is 5.75 Å². The zero-order chi connectivity index (χ0) is 22.2. The van der Waals surface area contributed by atoms with Crippen LogP contribution < -0.4 is 10.1 Å². The van der Waals surface area contributed by atoms with E-state index < -0.39 is 5.97 Å². The van der Waals surface area contributed by atoms with Gasteiger partial charge in [-0.05, 0) is 55.7 Å². The number of thiazole rings is 1. The number of nitrogens with one attached hydrogen (secondary N) is 1. The maximum absolute atomic E-state index is 13.2. The second kappa shape index (κ2) is 11.4. The molecule has 2 amide bonds. The van der Waals surface area contributed by atoms with Gasteiger partial charge in [0.05, 0.1) is 23.3 Å². The number of benzene rings is 1. The molecule has 2 N–H and O–H groups in total. The number of carboxylic acid groups (broad SMARTS) is 1. The summed E-state index contributed by atoms with van der Waals surface area (Å²) < 4.78 is 5.99. The van der Waals surface area contributed by atoms with E-state index in [9.17, 15) is 9.59 Å². The number of urea groups is 1. The number of hydrogen-bond acceptors (Lipinski definition) is 6. The van der Waals surface area contributed by atoms with Crippen LogP contribution in [0.1, 0.15) is 38.2 Å². The molecule has 0 spiro atoms. The lowest BCUT2D eigenvalue weighted by atomic mass is 9.86. The lowest BCUT2D eigenvalue weighted by Gasteiger charge is -2.36. The van der Waals surface area contributed by atoms with Gasteiger partial charge in [-0.1, -0.05) is 30.4 Å². The van der Waals surface area contributed by atoms with Gasteiger partial charge < -0.3 is 14.7 Å². The summed E-state index contributed by atoms with van der Waals surface area (Å²) in [6.45, 7) is 2.90. The highest BCUT2D eigenvalue weighted by Crippen LogP contribution is 2.30. The Morgan fingerprint density at radius 3 is 2.61 bits per heavy atom. The Balaban J connectivity index is 1.64. The molecule has 1 aliphatic carbocycles. The highest BCUT2D eigenvalue weighted by molar-refractivity contribution is 8.01. The number of thioether (sulfide) groups is 1. The first-order valence-corrected chi connectivity index (χ1v) is 12.3. The van der Waals surface area contributed by atoms with Crippen molar-refractivity contribution in [1.82, 2.24) is 9.88 Å². The number of anilines is 1. The number of aromatic nitrogens is 1. The number of carbonyl (C=O) groups excluding carboxylic acids is 1. The Labute approximate surface area is 191 Å². The van der Waals surface area contributed by atoms with Gasteiger partial charge in [0.15, 0.2) is 5.13 Å². The number of amides is 2. The number of rotatable bonds is 9. The van der Waals surface area contributed by atoms with Gasteiger partial charge in [0.25, 0.3) is 0 Å². The van der Waals surface area contributed by atoms with E-state index in [1.54, 1.807) is 13.3 Å². The molecule has 1 aromatic heterocycles. The molecule has 1 aliphatic rings. The Bertz CT molecular complexity index is 864. The van der Waals surface area contributed by atoms with Gasteiger partial charge in [-0.3, -0.25) is 10.1 Å². The van der Waals surface area contributed by atoms with Crippen LogP contribution in [0.2, 0.25) is 0 Å². The van der Waals surface area contributed by atoms with Gasteiger partial charge in [-0.15, -0.1) is 11.8 Å². The van der Waals surface area contributed by atoms with Crippen LogP contribution in [-0.2, 0) is 11.2 Å². The molecule has 0 atom stereocenters. The fourth-order valence-corrected chi connectivity index (χ4v) is 5.31. The van der Waals surface area contributed by atoms with Crippen molar-refractivity contribution in [3.63, 3.8) is 0 Å². The molecule has 2 aromatic rings. The molecule has 168 valence electrons. The number of carboxylic acids is 1. The van der Waals surface area contributed by atoms with Gasteiger partial charge in [0, 0.05) is 12.6 Å². The molecule has 0 unspecified atom stereocenters. The van der Waals surface area contributed by atoms with Crippen molar-refractivity contribution in [2.24, 2.45) is 5.92 Å². The molecule has 1 heterocycles. The first-order chi connectivity index (χ1) is 14.9. The van der Waals surface area contributed by atoms with Crippen molar-refractivity contribution < 1.29 is 19.4 Å². The van der Waals surface area contributed by atoms with Crippen molar-refractivity contribution in [1.29, 1.82) is 0 Å². The summed E-state index contributed by atoms with van der Waals surface area (Å²) in [6, 6.07) is 8.02. The van der Waals surface area contributed by atoms with Crippen LogP contribution in [0.25, 0.3) is 0 Å². The van der Waals surface area contributed by atoms with Crippen molar-refractivity contribution in [3.8, 4) is 5.75 Å². The molecular formula is C22H29N3O4S2. The van der Waals surface area contributed by atoms with Crippen molar-refractivity contribution >= 4 is 40.2 Å². The molecule has 0 saturated heterocycles. The molecule has 1 saturated carbocycles. The van der Waals surface area contributed by atoms with Crippen LogP contribution >= 0.6 is 23.1 Å². The van der Waals surface area contributed by atoms with E-state index in [1.807, 2.05) is 29.2 Å². The number of nitrogens with zero attached hydrogens (tertiary/aromatic N) is 2. The zero-order valence-electron chi connectivity index (χ0n) is 17.9. The second-order valence-corrected chi connectivity index (χ2v) is 10.1. The Kier molecular flexibility index (Phi) is 8.60. The summed E-state index contributed by atoms with van der Waals surface area (Å²) in [5, 5.41) is 12.2. The maximum Gasteiger partial charge on any atom is 0.323 e. The maximum atomic E-state index is 13.2. The van der Waals surface area contributed by atoms with E-state index >= 15 is 0 Å². The topological polar surface area (TPSA) is 91.8 Å². The van der Waals surface area contributed by atoms with Crippen LogP contribution in [0.3, 0.4) is 0 Å². The number of methoxy groups -OCH3 is 1. The first kappa shape index (κ1) is 23.4. The van der Waals surface area contributed by atoms with Gasteiger partial charge in [-0.25, -0.2) is 9.78 Å². The van der Waals surface area contributed by atoms with Crippen molar-refractivity contribution in [2.45, 2.75) is 49.3 Å². The number of aliphatic carboxylic acids is 1. The lowest BCUT2D eigenvalue weighted by molar-refractivity contribution is -0.133. The minimum absolute atomic E-state index is 0.0240. The van der Waals surface area contributed by atoms with E-state index in [4.69, 9.17) is 9.84 Å². The summed E-state index contributed by atoms with van der Waals surface area (Å²) in [4.78, 5) is 30.1. The minimum Gasteiger partial charge on any atom is -0.497 e. The molecule has 0 aliphatic heterocycles. The normalized spacial score (nSPS) is 18.4. The van der Waals surface area contributed by atoms with E-state index in [2.05, 4.69) is 17.2 Å². The standard InChI is InChI=1S/C22H29N3O4S2/c1-15-3-7-17(8-4-15)25(12-11-16-5-9-18(29-2)10-6-16)22(28)24-21-23-13-20(31-21)30-14-19(26)27/h5-6,9-10,13,15,17H,3-4,7-8,11-12,14H2,1-2H3,(H,26,27)(H,23,24,28). The molecule has 1 aromatic carbocycles. The summed E-state index contributed by atoms with van der Waals surface area (Å²) in [6.07, 6.45) is 6.65. The van der Waals surface area contributed by atoms with Crippen molar-refractivity contribution in [2.75, 3.05) is 24.7 Å². The number of ether oxygens (including phenoxy) is 1. The van der Waals surface area contributed by atoms with Gasteiger partial charge in [-0.2, -0.15) is 0 Å². The lowest BCUT2D eigenvalue weighted by Crippen LogP contribution is -2.45. The average Bonchev–Trinajstić information content (AvgIpc) is 3.21. The minimum atomic E-state index is -0.875. The third kappa shape index (κ3) is 7.14. The molecule has 9 heteroatoms. The average molecular weight is 464 g/mol. The highest BCUT2D eigenvalue weighted by Gasteiger charge is 2.28. The van der Waals surface area contributed by atoms with Gasteiger partial charge in [0.1, 0.15) is 5.75 Å². The molecule has 1 fully saturated rings. The summed E-state index contributed by atoms with van der Waals surface area (Å²) in [7, 11) is 1.65. The Morgan fingerprint density at radius 2 is 1.97 bits per heavy atom. The summed E-state index contributed by atoms with van der Waals surface area (Å²) in [5.41, 5.74) is 1.16. The quantitative estimate of drug-likeness (QED) is 0.510. The van der Waals surface area contributed by atoms with E-state index in [0.717, 1.165) is 47.6 Å². The fourth-order valence-electron chi connectivity index (χ4n) is 3.73. The SMILES string of the molecule is COc1ccc(CCN(C(=O)Nc2ncc(SCC(=O)O)s2)C2CCC(C)CC2)cc1. The summed E-state index contributed by atoms with van der Waals surface area (Å²) in [5.74, 6) is 0.625. The van der Waals surface area contributed by atoms with Crippen LogP contribution in [0.4, 0.5) is 9.93 Å². The van der Waals surface area contributed by atoms with E-state index in [0.29, 0.717) is 17.6 Å². The first-order valence-electron chi connectivity index (χ1n) is 10.5. The third-order valence-electron chi connectivity index (χ3n) is 5.52. The van der Waals surface area contributed by atoms with E-state index in [1.165, 1.54) is 23.1 Å². The molecule has 3 rings (SSSR count). The van der Waals surface area contributed by atoms with Gasteiger partial charge in [0.2, 0.25) is 0 Å². The largest absolute Gasteiger partial charge is 0.497 e. The monoisotopic (exact) mass is 463 g/mol.